The van der Waals surface area contributed by atoms with Gasteiger partial charge in [-0.25, -0.2) is 82.6 Å². The van der Waals surface area contributed by atoms with E-state index < -0.39 is 58.3 Å². The Bertz CT molecular complexity index is 7550. The SMILES string of the molecule is COc1cnc(-c2cc(Cl)c(F)cc2F)c(-c2ccn3ncnc3c2)c1.COc1cnc(-c2cc(Cl)ccc2F)c(-c2ccn3ncnc3c2)c1.COc1cnc(-c2cccc(C(F)(F)F)c2)c(-c2ccn3ncnc3c2)c1.Fc1cnc(-c2cc(Cl)c(F)cc2F)c(-c2ccn3ncnc3c2)c1.Fc1cnc(-c2ccc(F)c(Cl)c2)c(-c2ccn3ncnc3c2)c1. The standard InChI is InChI=1S/C19H13F3N4O.C18H11ClF2N4O.C18H12ClFN4O.C17H8ClF3N4.C17H9ClF2N4/c1-27-15-9-16(12-5-6-26-17(8-12)24-11-25-26)18(23-10-15)13-3-2-4-14(7-13)19(20,21)22;1-26-11-5-12(10-2-3-25-17(4-10)23-9-24-25)18(22-8-11)13-6-14(19)16(21)7-15(13)20;1-25-13-8-14(11-4-5-24-17(6-11)22-10-23-24)18(21-9-13)15-7-12(19)2-3-16(15)20;18-13-5-12(14(20)6-15(13)21)17-11(4-10(19)7-22-17)9-1-2-25-16(3-9)23-8-24-25;18-14-5-11(1-2-15(14)20)17-13(7-12(19)8-21-17)10-3-4-24-16(6-10)22-9-23-24/h2-11H,1H3;2-9H,1H3;2-10H,1H3;1-8H;1-9H. The van der Waals surface area contributed by atoms with Crippen molar-refractivity contribution in [3.8, 4) is 129 Å². The molecule has 0 aliphatic heterocycles. The first kappa shape index (κ1) is 85.3. The van der Waals surface area contributed by atoms with Gasteiger partial charge in [-0.2, -0.15) is 38.7 Å². The molecule has 127 heavy (non-hydrogen) atoms. The minimum atomic E-state index is -4.43. The average Bonchev–Trinajstić information content (AvgIpc) is 1.70. The third-order valence-corrected chi connectivity index (χ3v) is 20.4. The smallest absolute Gasteiger partial charge is 0.416 e. The lowest BCUT2D eigenvalue weighted by molar-refractivity contribution is -0.137. The molecule has 0 atom stereocenters. The number of rotatable bonds is 13. The Hall–Kier alpha value is -15.3. The van der Waals surface area contributed by atoms with Crippen LogP contribution in [0.5, 0.6) is 17.2 Å². The molecule has 20 aromatic rings. The zero-order valence-corrected chi connectivity index (χ0v) is 68.3. The van der Waals surface area contributed by atoms with Crippen molar-refractivity contribution in [2.75, 3.05) is 21.3 Å². The lowest BCUT2D eigenvalue weighted by Gasteiger charge is -2.13. The van der Waals surface area contributed by atoms with E-state index in [0.717, 1.165) is 58.9 Å². The molecule has 0 bridgehead atoms. The number of pyridine rings is 10. The van der Waals surface area contributed by atoms with Crippen LogP contribution in [0.4, 0.5) is 48.3 Å². The summed E-state index contributed by atoms with van der Waals surface area (Å²) >= 11 is 23.5. The topological polar surface area (TPSA) is 243 Å². The van der Waals surface area contributed by atoms with Crippen LogP contribution in [0.25, 0.3) is 140 Å². The zero-order chi connectivity index (χ0) is 88.9. The number of hydrogen-bond donors (Lipinski definition) is 0. The highest BCUT2D eigenvalue weighted by Crippen LogP contribution is 2.43. The summed E-state index contributed by atoms with van der Waals surface area (Å²) in [6, 6.07) is 43.2. The van der Waals surface area contributed by atoms with E-state index in [1.807, 2.05) is 18.2 Å². The summed E-state index contributed by atoms with van der Waals surface area (Å²) in [7, 11) is 4.58. The summed E-state index contributed by atoms with van der Waals surface area (Å²) in [5.74, 6) is -3.70. The van der Waals surface area contributed by atoms with E-state index in [1.165, 1.54) is 111 Å². The van der Waals surface area contributed by atoms with Crippen molar-refractivity contribution < 1.29 is 62.5 Å². The van der Waals surface area contributed by atoms with E-state index in [1.54, 1.807) is 141 Å². The second-order valence-corrected chi connectivity index (χ2v) is 28.8. The first-order valence-electron chi connectivity index (χ1n) is 37.1. The monoisotopic (exact) mass is 1800 g/mol. The van der Waals surface area contributed by atoms with Crippen molar-refractivity contribution in [3.05, 3.63) is 342 Å². The molecule has 0 saturated heterocycles. The number of ether oxygens (including phenoxy) is 3. The number of aromatic nitrogens is 20. The first-order chi connectivity index (χ1) is 61.3. The van der Waals surface area contributed by atoms with Crippen LogP contribution < -0.4 is 14.2 Å². The Kier molecular flexibility index (Phi) is 24.6. The van der Waals surface area contributed by atoms with Gasteiger partial charge < -0.3 is 14.2 Å². The lowest BCUT2D eigenvalue weighted by Crippen LogP contribution is -2.04. The number of alkyl halides is 3. The molecule has 20 rings (SSSR count). The maximum absolute atomic E-state index is 14.4. The molecule has 0 aliphatic carbocycles. The highest BCUT2D eigenvalue weighted by molar-refractivity contribution is 6.32. The summed E-state index contributed by atoms with van der Waals surface area (Å²) in [4.78, 5) is 41.9. The quantitative estimate of drug-likeness (QED) is 0.0769. The molecular weight excluding hydrogens is 1750 g/mol. The molecule has 0 amide bonds. The van der Waals surface area contributed by atoms with Crippen LogP contribution in [-0.4, -0.2) is 119 Å². The molecular formula is C89H53Cl4F11N20O3. The summed E-state index contributed by atoms with van der Waals surface area (Å²) < 4.78 is 174. The Morgan fingerprint density at radius 1 is 0.268 bits per heavy atom. The van der Waals surface area contributed by atoms with E-state index in [0.29, 0.717) is 129 Å². The summed E-state index contributed by atoms with van der Waals surface area (Å²) in [5.41, 5.74) is 12.0. The van der Waals surface area contributed by atoms with Gasteiger partial charge in [0.2, 0.25) is 0 Å². The summed E-state index contributed by atoms with van der Waals surface area (Å²) in [5, 5.41) is 20.2. The predicted molar refractivity (Wildman–Crippen MR) is 453 cm³/mol. The molecule has 0 fully saturated rings. The average molecular weight is 1800 g/mol. The highest BCUT2D eigenvalue weighted by Gasteiger charge is 2.31. The fourth-order valence-electron chi connectivity index (χ4n) is 13.2. The molecule has 38 heteroatoms. The minimum Gasteiger partial charge on any atom is -0.495 e. The molecule has 15 aromatic heterocycles. The fourth-order valence-corrected chi connectivity index (χ4v) is 13.9. The van der Waals surface area contributed by atoms with E-state index in [2.05, 4.69) is 75.3 Å². The van der Waals surface area contributed by atoms with Crippen molar-refractivity contribution in [2.45, 2.75) is 6.18 Å². The van der Waals surface area contributed by atoms with Crippen molar-refractivity contribution >= 4 is 74.6 Å². The van der Waals surface area contributed by atoms with Crippen LogP contribution in [-0.2, 0) is 6.18 Å². The van der Waals surface area contributed by atoms with Crippen molar-refractivity contribution in [3.63, 3.8) is 0 Å². The highest BCUT2D eigenvalue weighted by atomic mass is 35.5. The van der Waals surface area contributed by atoms with Gasteiger partial charge in [0.15, 0.2) is 28.2 Å². The summed E-state index contributed by atoms with van der Waals surface area (Å²) in [6.45, 7) is 0. The molecule has 0 spiro atoms. The Balaban J connectivity index is 0.000000117. The van der Waals surface area contributed by atoms with Crippen LogP contribution in [0.15, 0.2) is 270 Å². The maximum atomic E-state index is 14.4. The largest absolute Gasteiger partial charge is 0.495 e. The number of fused-ring (bicyclic) bond motifs is 5. The molecule has 23 nitrogen and oxygen atoms in total. The normalized spacial score (nSPS) is 11.2. The number of nitrogens with zero attached hydrogens (tertiary/aromatic N) is 20. The van der Waals surface area contributed by atoms with Gasteiger partial charge >= 0.3 is 6.18 Å². The number of benzene rings is 5. The van der Waals surface area contributed by atoms with Crippen molar-refractivity contribution in [1.82, 2.24) is 97.9 Å². The van der Waals surface area contributed by atoms with Gasteiger partial charge in [0.25, 0.3) is 0 Å². The van der Waals surface area contributed by atoms with Crippen LogP contribution in [0, 0.1) is 46.5 Å². The van der Waals surface area contributed by atoms with E-state index in [4.69, 9.17) is 60.6 Å². The number of halogens is 15. The van der Waals surface area contributed by atoms with Crippen LogP contribution >= 0.6 is 46.4 Å². The third-order valence-electron chi connectivity index (χ3n) is 19.3. The first-order valence-corrected chi connectivity index (χ1v) is 38.6. The van der Waals surface area contributed by atoms with E-state index in [9.17, 15) is 48.3 Å². The minimum absolute atomic E-state index is 0.0162. The molecule has 0 unspecified atom stereocenters. The van der Waals surface area contributed by atoms with E-state index >= 15 is 0 Å². The van der Waals surface area contributed by atoms with Crippen LogP contribution in [0.3, 0.4) is 0 Å². The molecule has 0 radical (unpaired) electrons. The van der Waals surface area contributed by atoms with Crippen molar-refractivity contribution in [2.24, 2.45) is 0 Å². The maximum Gasteiger partial charge on any atom is 0.416 e. The second-order valence-electron chi connectivity index (χ2n) is 27.1. The van der Waals surface area contributed by atoms with Gasteiger partial charge in [0.1, 0.15) is 95.4 Å². The van der Waals surface area contributed by atoms with Gasteiger partial charge in [-0.15, -0.1) is 0 Å². The Morgan fingerprint density at radius 2 is 0.591 bits per heavy atom. The molecule has 0 N–H and O–H groups in total. The van der Waals surface area contributed by atoms with Crippen LogP contribution in [0.1, 0.15) is 5.56 Å². The summed E-state index contributed by atoms with van der Waals surface area (Å²) in [6.07, 6.45) is 17.9. The molecule has 0 saturated carbocycles. The fraction of sp³-hybridized carbons (Fsp3) is 0.0449. The number of hydrogen-bond acceptors (Lipinski definition) is 18. The van der Waals surface area contributed by atoms with Gasteiger partial charge in [0.05, 0.1) is 101 Å². The Labute approximate surface area is 729 Å². The second kappa shape index (κ2) is 36.7. The van der Waals surface area contributed by atoms with Gasteiger partial charge in [-0.1, -0.05) is 58.5 Å². The molecule has 5 aromatic carbocycles. The number of methoxy groups -OCH3 is 3. The van der Waals surface area contributed by atoms with Crippen molar-refractivity contribution in [1.29, 1.82) is 0 Å². The molecule has 0 aliphatic rings. The van der Waals surface area contributed by atoms with Crippen LogP contribution in [0.2, 0.25) is 20.1 Å². The Morgan fingerprint density at radius 3 is 0.969 bits per heavy atom. The molecule has 15 heterocycles. The zero-order valence-electron chi connectivity index (χ0n) is 65.2. The lowest BCUT2D eigenvalue weighted by atomic mass is 9.98. The predicted octanol–water partition coefficient (Wildman–Crippen LogP) is 22.1. The van der Waals surface area contributed by atoms with Gasteiger partial charge in [0, 0.05) is 104 Å². The molecule has 632 valence electrons. The van der Waals surface area contributed by atoms with E-state index in [-0.39, 0.29) is 31.9 Å². The van der Waals surface area contributed by atoms with Gasteiger partial charge in [-0.05, 0) is 179 Å². The van der Waals surface area contributed by atoms with Gasteiger partial charge in [-0.3, -0.25) is 24.9 Å². The third kappa shape index (κ3) is 18.7.